The number of nitrogens with zero attached hydrogens (tertiary/aromatic N) is 3. The van der Waals surface area contributed by atoms with E-state index >= 15 is 0 Å². The van der Waals surface area contributed by atoms with Crippen molar-refractivity contribution in [1.29, 1.82) is 0 Å². The highest BCUT2D eigenvalue weighted by atomic mass is 19.2. The molecule has 1 aliphatic heterocycles. The largest absolute Gasteiger partial charge is 0.420 e. The van der Waals surface area contributed by atoms with Gasteiger partial charge in [0, 0.05) is 49.5 Å². The number of halogens is 4. The molecule has 0 saturated heterocycles. The molecule has 3 amide bonds. The zero-order chi connectivity index (χ0) is 35.6. The average molecular weight is 699 g/mol. The summed E-state index contributed by atoms with van der Waals surface area (Å²) in [5, 5.41) is 6.50. The average Bonchev–Trinajstić information content (AvgIpc) is 3.25. The Hall–Kier alpha value is -4.65. The number of pyridine rings is 1. The second-order valence-corrected chi connectivity index (χ2v) is 10.2. The van der Waals surface area contributed by atoms with E-state index in [-0.39, 0.29) is 83.6 Å². The van der Waals surface area contributed by atoms with Crippen LogP contribution in [0.1, 0.15) is 31.7 Å². The zero-order valence-corrected chi connectivity index (χ0v) is 26.8. The van der Waals surface area contributed by atoms with Crippen molar-refractivity contribution >= 4 is 35.5 Å². The van der Waals surface area contributed by atoms with Crippen LogP contribution in [-0.4, -0.2) is 99.7 Å². The number of urea groups is 1. The molecule has 0 atom stereocenters. The Balaban J connectivity index is 1.18. The summed E-state index contributed by atoms with van der Waals surface area (Å²) in [5.41, 5.74) is 7.71. The van der Waals surface area contributed by atoms with Crippen LogP contribution in [0.5, 0.6) is 5.75 Å². The van der Waals surface area contributed by atoms with Gasteiger partial charge >= 0.3 is 12.0 Å². The molecule has 14 nitrogen and oxygen atoms in total. The number of ether oxygens (including phenoxy) is 4. The summed E-state index contributed by atoms with van der Waals surface area (Å²) < 4.78 is 73.6. The standard InChI is InChI=1S/C31H38F4N6O8/c1-2-8-41(30(43)21-16-20-3-5-37-19-24(20)40-25(36)17-21)48-11-7-39-31(44)38-6-10-46-13-15-47-14-12-45-9-4-26(42)49-29-27(34)22(32)18-23(33)28(29)35/h3,5,16,18-19H,2,4,6-15,17H2,1H3,(H2,36,40)(H2,38,39,44). The fourth-order valence-electron chi connectivity index (χ4n) is 4.09. The fraction of sp³-hybridized carbons (Fsp3) is 0.452. The van der Waals surface area contributed by atoms with Crippen LogP contribution < -0.4 is 21.1 Å². The number of rotatable bonds is 20. The molecule has 0 bridgehead atoms. The zero-order valence-electron chi connectivity index (χ0n) is 26.8. The number of amides is 3. The van der Waals surface area contributed by atoms with Gasteiger partial charge in [-0.25, -0.2) is 23.6 Å². The molecule has 49 heavy (non-hydrogen) atoms. The van der Waals surface area contributed by atoms with Crippen LogP contribution in [0, 0.1) is 23.3 Å². The van der Waals surface area contributed by atoms with Crippen molar-refractivity contribution in [3.05, 3.63) is 58.9 Å². The number of carbonyl (C=O) groups excluding carboxylic acids is 3. The van der Waals surface area contributed by atoms with Gasteiger partial charge in [0.15, 0.2) is 11.6 Å². The van der Waals surface area contributed by atoms with Crippen LogP contribution >= 0.6 is 0 Å². The molecule has 0 radical (unpaired) electrons. The Morgan fingerprint density at radius 2 is 1.55 bits per heavy atom. The molecule has 0 aliphatic carbocycles. The number of nitrogens with one attached hydrogen (secondary N) is 2. The molecule has 3 rings (SSSR count). The van der Waals surface area contributed by atoms with E-state index in [1.807, 2.05) is 6.92 Å². The smallest absolute Gasteiger partial charge is 0.314 e. The number of nitrogens with two attached hydrogens (primary N) is 1. The molecule has 0 fully saturated rings. The molecular weight excluding hydrogens is 660 g/mol. The van der Waals surface area contributed by atoms with Gasteiger partial charge in [0.05, 0.1) is 64.6 Å². The Morgan fingerprint density at radius 3 is 2.22 bits per heavy atom. The van der Waals surface area contributed by atoms with E-state index < -0.39 is 47.4 Å². The van der Waals surface area contributed by atoms with Gasteiger partial charge in [0.2, 0.25) is 17.4 Å². The molecule has 2 aromatic rings. The molecule has 0 unspecified atom stereocenters. The minimum absolute atomic E-state index is 0.00365. The number of hydrogen-bond donors (Lipinski definition) is 3. The fourth-order valence-corrected chi connectivity index (χ4v) is 4.09. The molecule has 0 spiro atoms. The Morgan fingerprint density at radius 1 is 0.918 bits per heavy atom. The van der Waals surface area contributed by atoms with Gasteiger partial charge in [0.1, 0.15) is 5.84 Å². The topological polar surface area (TPSA) is 176 Å². The van der Waals surface area contributed by atoms with E-state index in [1.165, 1.54) is 5.06 Å². The van der Waals surface area contributed by atoms with Crippen LogP contribution in [0.2, 0.25) is 0 Å². The Labute approximate surface area is 279 Å². The second kappa shape index (κ2) is 20.7. The Bertz CT molecular complexity index is 1470. The van der Waals surface area contributed by atoms with Crippen molar-refractivity contribution in [3.8, 4) is 5.75 Å². The highest BCUT2D eigenvalue weighted by Crippen LogP contribution is 2.27. The maximum atomic E-state index is 13.5. The number of esters is 1. The van der Waals surface area contributed by atoms with Gasteiger partial charge in [0.25, 0.3) is 5.91 Å². The molecule has 4 N–H and O–H groups in total. The van der Waals surface area contributed by atoms with Gasteiger partial charge in [-0.05, 0) is 18.6 Å². The quantitative estimate of drug-likeness (QED) is 0.0466. The lowest BCUT2D eigenvalue weighted by Crippen LogP contribution is -2.41. The van der Waals surface area contributed by atoms with E-state index in [1.54, 1.807) is 24.5 Å². The van der Waals surface area contributed by atoms with Gasteiger partial charge in [-0.1, -0.05) is 6.92 Å². The molecule has 1 aromatic heterocycles. The molecule has 268 valence electrons. The van der Waals surface area contributed by atoms with E-state index in [2.05, 4.69) is 25.3 Å². The lowest BCUT2D eigenvalue weighted by molar-refractivity contribution is -0.181. The van der Waals surface area contributed by atoms with Crippen LogP contribution in [0.25, 0.3) is 6.08 Å². The third kappa shape index (κ3) is 13.1. The van der Waals surface area contributed by atoms with Crippen LogP contribution in [-0.2, 0) is 28.6 Å². The predicted molar refractivity (Wildman–Crippen MR) is 166 cm³/mol. The summed E-state index contributed by atoms with van der Waals surface area (Å²) in [7, 11) is 0. The second-order valence-electron chi connectivity index (χ2n) is 10.2. The van der Waals surface area contributed by atoms with Crippen molar-refractivity contribution in [2.24, 2.45) is 10.7 Å². The maximum absolute atomic E-state index is 13.5. The summed E-state index contributed by atoms with van der Waals surface area (Å²) in [6, 6.07) is 1.30. The predicted octanol–water partition coefficient (Wildman–Crippen LogP) is 2.93. The number of carbonyl (C=O) groups is 3. The maximum Gasteiger partial charge on any atom is 0.314 e. The number of aliphatic imine (C=N–C) groups is 1. The highest BCUT2D eigenvalue weighted by molar-refractivity contribution is 6.05. The van der Waals surface area contributed by atoms with E-state index in [0.29, 0.717) is 24.2 Å². The first kappa shape index (κ1) is 38.8. The first-order chi connectivity index (χ1) is 23.6. The highest BCUT2D eigenvalue weighted by Gasteiger charge is 2.24. The van der Waals surface area contributed by atoms with Gasteiger partial charge in [-0.15, -0.1) is 0 Å². The molecule has 1 aromatic carbocycles. The molecule has 2 heterocycles. The number of hydroxylamine groups is 2. The third-order valence-electron chi connectivity index (χ3n) is 6.37. The summed E-state index contributed by atoms with van der Waals surface area (Å²) in [6.45, 7) is 3.33. The Kier molecular flexibility index (Phi) is 16.4. The van der Waals surface area contributed by atoms with Crippen molar-refractivity contribution in [2.75, 3.05) is 65.9 Å². The number of hydrogen-bond acceptors (Lipinski definition) is 11. The van der Waals surface area contributed by atoms with E-state index in [4.69, 9.17) is 24.8 Å². The molecule has 1 aliphatic rings. The van der Waals surface area contributed by atoms with Crippen LogP contribution in [0.4, 0.5) is 28.0 Å². The van der Waals surface area contributed by atoms with Gasteiger partial charge < -0.3 is 35.3 Å². The number of benzene rings is 1. The first-order valence-electron chi connectivity index (χ1n) is 15.3. The van der Waals surface area contributed by atoms with Gasteiger partial charge in [-0.2, -0.15) is 8.78 Å². The summed E-state index contributed by atoms with van der Waals surface area (Å²) in [6.07, 6.45) is 5.27. The van der Waals surface area contributed by atoms with Crippen LogP contribution in [0.3, 0.4) is 0 Å². The van der Waals surface area contributed by atoms with Crippen molar-refractivity contribution in [3.63, 3.8) is 0 Å². The molecular formula is C31H38F4N6O8. The van der Waals surface area contributed by atoms with Crippen molar-refractivity contribution < 1.29 is 55.7 Å². The summed E-state index contributed by atoms with van der Waals surface area (Å²) >= 11 is 0. The first-order valence-corrected chi connectivity index (χ1v) is 15.3. The normalized spacial score (nSPS) is 12.3. The third-order valence-corrected chi connectivity index (χ3v) is 6.37. The van der Waals surface area contributed by atoms with Gasteiger partial charge in [-0.3, -0.25) is 19.4 Å². The number of aromatic nitrogens is 1. The van der Waals surface area contributed by atoms with Crippen molar-refractivity contribution in [2.45, 2.75) is 26.2 Å². The summed E-state index contributed by atoms with van der Waals surface area (Å²) in [4.78, 5) is 50.9. The van der Waals surface area contributed by atoms with Crippen molar-refractivity contribution in [1.82, 2.24) is 20.7 Å². The van der Waals surface area contributed by atoms with E-state index in [0.717, 1.165) is 5.56 Å². The van der Waals surface area contributed by atoms with E-state index in [9.17, 15) is 31.9 Å². The molecule has 0 saturated carbocycles. The number of amidine groups is 1. The lowest BCUT2D eigenvalue weighted by Gasteiger charge is -2.22. The SMILES string of the molecule is CCCN(OCCNC(=O)NCCOCCOCCOCCC(=O)Oc1c(F)c(F)cc(F)c1F)C(=O)C1=Cc2ccncc2N=C(N)C1. The minimum Gasteiger partial charge on any atom is -0.420 e. The van der Waals surface area contributed by atoms with Crippen LogP contribution in [0.15, 0.2) is 35.1 Å². The minimum atomic E-state index is -1.81. The number of fused-ring (bicyclic) bond motifs is 1. The lowest BCUT2D eigenvalue weighted by atomic mass is 10.1. The monoisotopic (exact) mass is 698 g/mol. The molecule has 18 heteroatoms. The summed E-state index contributed by atoms with van der Waals surface area (Å²) in [5.74, 6) is -9.67.